The zero-order valence-corrected chi connectivity index (χ0v) is 20.8. The number of alkyl halides is 3. The maximum atomic E-state index is 13.6. The van der Waals surface area contributed by atoms with E-state index in [-0.39, 0.29) is 28.6 Å². The normalized spacial score (nSPS) is 17.1. The van der Waals surface area contributed by atoms with Crippen molar-refractivity contribution in [3.63, 3.8) is 0 Å². The summed E-state index contributed by atoms with van der Waals surface area (Å²) in [6.07, 6.45) is -2.05. The largest absolute Gasteiger partial charge is 0.478 e. The Morgan fingerprint density at radius 3 is 2.03 bits per heavy atom. The first kappa shape index (κ1) is 26.3. The number of hydrogen-bond donors (Lipinski definition) is 3. The van der Waals surface area contributed by atoms with Crippen molar-refractivity contribution >= 4 is 29.3 Å². The Hall–Kier alpha value is -4.34. The monoisotopic (exact) mass is 537 g/mol. The highest BCUT2D eigenvalue weighted by molar-refractivity contribution is 5.99. The van der Waals surface area contributed by atoms with Gasteiger partial charge in [-0.3, -0.25) is 4.79 Å². The van der Waals surface area contributed by atoms with Crippen molar-refractivity contribution in [2.75, 3.05) is 17.2 Å². The molecular formula is C29H26F3N3O4. The lowest BCUT2D eigenvalue weighted by molar-refractivity contribution is -0.138. The van der Waals surface area contributed by atoms with Crippen molar-refractivity contribution < 1.29 is 32.7 Å². The second-order valence-corrected chi connectivity index (χ2v) is 9.80. The molecule has 1 atom stereocenters. The van der Waals surface area contributed by atoms with E-state index in [1.54, 1.807) is 36.4 Å². The Morgan fingerprint density at radius 2 is 1.44 bits per heavy atom. The lowest BCUT2D eigenvalue weighted by Crippen LogP contribution is -2.45. The molecule has 7 nitrogen and oxygen atoms in total. The van der Waals surface area contributed by atoms with Crippen LogP contribution >= 0.6 is 0 Å². The van der Waals surface area contributed by atoms with E-state index in [0.29, 0.717) is 25.1 Å². The van der Waals surface area contributed by atoms with Gasteiger partial charge in [-0.2, -0.15) is 13.2 Å². The molecule has 1 saturated carbocycles. The highest BCUT2D eigenvalue weighted by Crippen LogP contribution is 2.46. The molecule has 0 aromatic heterocycles. The third-order valence-corrected chi connectivity index (χ3v) is 7.06. The van der Waals surface area contributed by atoms with E-state index in [9.17, 15) is 27.6 Å². The van der Waals surface area contributed by atoms with E-state index >= 15 is 0 Å². The fraction of sp³-hybridized carbons (Fsp3) is 0.276. The smallest absolute Gasteiger partial charge is 0.416 e. The summed E-state index contributed by atoms with van der Waals surface area (Å²) in [7, 11) is 0. The van der Waals surface area contributed by atoms with Crippen LogP contribution in [0.1, 0.15) is 53.1 Å². The van der Waals surface area contributed by atoms with E-state index in [1.165, 1.54) is 29.2 Å². The van der Waals surface area contributed by atoms with Gasteiger partial charge in [0.15, 0.2) is 0 Å². The zero-order valence-electron chi connectivity index (χ0n) is 20.8. The average Bonchev–Trinajstić information content (AvgIpc) is 3.63. The number of hydrogen-bond acceptors (Lipinski definition) is 3. The number of likely N-dealkylation sites (tertiary alicyclic amines) is 1. The number of aromatic carboxylic acids is 1. The Balaban J connectivity index is 1.23. The van der Waals surface area contributed by atoms with Gasteiger partial charge in [0.25, 0.3) is 0 Å². The number of carboxylic acids is 1. The number of carbonyl (C=O) groups is 3. The number of urea groups is 1. The van der Waals surface area contributed by atoms with Crippen molar-refractivity contribution in [2.24, 2.45) is 0 Å². The summed E-state index contributed by atoms with van der Waals surface area (Å²) in [6, 6.07) is 15.9. The second-order valence-electron chi connectivity index (χ2n) is 9.80. The molecule has 1 aliphatic heterocycles. The lowest BCUT2D eigenvalue weighted by Gasteiger charge is -2.24. The Morgan fingerprint density at radius 1 is 0.821 bits per heavy atom. The Labute approximate surface area is 222 Å². The van der Waals surface area contributed by atoms with E-state index in [1.807, 2.05) is 0 Å². The fourth-order valence-corrected chi connectivity index (χ4v) is 4.88. The summed E-state index contributed by atoms with van der Waals surface area (Å²) < 4.78 is 40.8. The van der Waals surface area contributed by atoms with Gasteiger partial charge < -0.3 is 20.6 Å². The van der Waals surface area contributed by atoms with Gasteiger partial charge in [-0.15, -0.1) is 0 Å². The minimum absolute atomic E-state index is 0.0368. The molecule has 1 saturated heterocycles. The van der Waals surface area contributed by atoms with Crippen molar-refractivity contribution in [3.8, 4) is 11.1 Å². The molecule has 3 amide bonds. The summed E-state index contributed by atoms with van der Waals surface area (Å²) in [5.74, 6) is -1.49. The molecule has 202 valence electrons. The van der Waals surface area contributed by atoms with Crippen molar-refractivity contribution in [1.82, 2.24) is 4.90 Å². The standard InChI is InChI=1S/C29H26F3N3O4/c30-29(31,32)24-16-22(13-14-23(24)19-5-6-19)34-28(39)35-15-1-2-25(35)26(36)33-21-11-9-18(10-12-21)17-3-7-20(8-4-17)27(37)38/h3-4,7-14,16,19,25H,1-2,5-6,15H2,(H,33,36)(H,34,39)(H,37,38). The van der Waals surface area contributed by atoms with Crippen LogP contribution in [0.2, 0.25) is 0 Å². The predicted octanol–water partition coefficient (Wildman–Crippen LogP) is 6.58. The molecule has 2 fully saturated rings. The summed E-state index contributed by atoms with van der Waals surface area (Å²) in [5, 5.41) is 14.4. The lowest BCUT2D eigenvalue weighted by atomic mass is 10.0. The molecular weight excluding hydrogens is 511 g/mol. The van der Waals surface area contributed by atoms with Gasteiger partial charge >= 0.3 is 18.2 Å². The number of amides is 3. The molecule has 39 heavy (non-hydrogen) atoms. The van der Waals surface area contributed by atoms with Crippen LogP contribution in [0.3, 0.4) is 0 Å². The molecule has 3 N–H and O–H groups in total. The Bertz CT molecular complexity index is 1400. The van der Waals surface area contributed by atoms with Gasteiger partial charge in [-0.1, -0.05) is 30.3 Å². The molecule has 1 heterocycles. The Kier molecular flexibility index (Phi) is 7.03. The number of carboxylic acid groups (broad SMARTS) is 1. The van der Waals surface area contributed by atoms with Crippen LogP contribution in [0.4, 0.5) is 29.3 Å². The molecule has 0 spiro atoms. The van der Waals surface area contributed by atoms with Gasteiger partial charge in [-0.25, -0.2) is 9.59 Å². The summed E-state index contributed by atoms with van der Waals surface area (Å²) in [4.78, 5) is 38.4. The van der Waals surface area contributed by atoms with Crippen LogP contribution in [0.5, 0.6) is 0 Å². The molecule has 1 aliphatic carbocycles. The van der Waals surface area contributed by atoms with E-state index in [2.05, 4.69) is 10.6 Å². The highest BCUT2D eigenvalue weighted by atomic mass is 19.4. The zero-order chi connectivity index (χ0) is 27.7. The van der Waals surface area contributed by atoms with Crippen LogP contribution < -0.4 is 10.6 Å². The van der Waals surface area contributed by atoms with E-state index in [4.69, 9.17) is 5.11 Å². The quantitative estimate of drug-likeness (QED) is 0.331. The number of halogens is 3. The minimum Gasteiger partial charge on any atom is -0.478 e. The number of rotatable bonds is 6. The average molecular weight is 538 g/mol. The van der Waals surface area contributed by atoms with Crippen molar-refractivity contribution in [2.45, 2.75) is 43.8 Å². The topological polar surface area (TPSA) is 98.7 Å². The number of benzene rings is 3. The summed E-state index contributed by atoms with van der Waals surface area (Å²) in [5.41, 5.74) is 1.90. The van der Waals surface area contributed by atoms with E-state index < -0.39 is 29.8 Å². The van der Waals surface area contributed by atoms with Gasteiger partial charge in [0.2, 0.25) is 5.91 Å². The molecule has 3 aromatic rings. The van der Waals surface area contributed by atoms with Crippen molar-refractivity contribution in [3.05, 3.63) is 83.4 Å². The molecule has 5 rings (SSSR count). The van der Waals surface area contributed by atoms with Crippen molar-refractivity contribution in [1.29, 1.82) is 0 Å². The number of nitrogens with one attached hydrogen (secondary N) is 2. The molecule has 2 aliphatic rings. The van der Waals surface area contributed by atoms with Gasteiger partial charge in [0, 0.05) is 17.9 Å². The van der Waals surface area contributed by atoms with Crippen LogP contribution in [0.25, 0.3) is 11.1 Å². The SMILES string of the molecule is O=C(O)c1ccc(-c2ccc(NC(=O)C3CCCN3C(=O)Nc3ccc(C4CC4)c(C(F)(F)F)c3)cc2)cc1. The summed E-state index contributed by atoms with van der Waals surface area (Å²) >= 11 is 0. The first-order valence-electron chi connectivity index (χ1n) is 12.6. The minimum atomic E-state index is -4.52. The fourth-order valence-electron chi connectivity index (χ4n) is 4.88. The first-order chi connectivity index (χ1) is 18.6. The number of anilines is 2. The molecule has 0 bridgehead atoms. The van der Waals surface area contributed by atoms with Gasteiger partial charge in [-0.05, 0) is 84.7 Å². The highest BCUT2D eigenvalue weighted by Gasteiger charge is 2.39. The predicted molar refractivity (Wildman–Crippen MR) is 140 cm³/mol. The molecule has 1 unspecified atom stereocenters. The number of carbonyl (C=O) groups excluding carboxylic acids is 2. The van der Waals surface area contributed by atoms with Crippen LogP contribution in [0, 0.1) is 0 Å². The maximum Gasteiger partial charge on any atom is 0.416 e. The second kappa shape index (κ2) is 10.4. The third kappa shape index (κ3) is 5.89. The van der Waals surface area contributed by atoms with Gasteiger partial charge in [0.05, 0.1) is 11.1 Å². The molecule has 0 radical (unpaired) electrons. The van der Waals surface area contributed by atoms with Crippen LogP contribution in [-0.2, 0) is 11.0 Å². The van der Waals surface area contributed by atoms with Gasteiger partial charge in [0.1, 0.15) is 6.04 Å². The first-order valence-corrected chi connectivity index (χ1v) is 12.6. The van der Waals surface area contributed by atoms with Crippen LogP contribution in [-0.4, -0.2) is 40.5 Å². The molecule has 10 heteroatoms. The molecule has 3 aromatic carbocycles. The third-order valence-electron chi connectivity index (χ3n) is 7.06. The maximum absolute atomic E-state index is 13.6. The summed E-state index contributed by atoms with van der Waals surface area (Å²) in [6.45, 7) is 0.307. The number of nitrogens with zero attached hydrogens (tertiary/aromatic N) is 1. The van der Waals surface area contributed by atoms with Crippen LogP contribution in [0.15, 0.2) is 66.7 Å². The van der Waals surface area contributed by atoms with E-state index in [0.717, 1.165) is 30.0 Å².